The predicted octanol–water partition coefficient (Wildman–Crippen LogP) is 3.43. The van der Waals surface area contributed by atoms with E-state index in [1.165, 1.54) is 21.8 Å². The molecule has 0 amide bonds. The minimum Gasteiger partial charge on any atom is -0.390 e. The van der Waals surface area contributed by atoms with Crippen LogP contribution in [0.5, 0.6) is 0 Å². The second-order valence-corrected chi connectivity index (χ2v) is 8.27. The molecule has 3 heterocycles. The highest BCUT2D eigenvalue weighted by Crippen LogP contribution is 2.29. The second-order valence-electron chi connectivity index (χ2n) is 7.40. The first-order valence-corrected chi connectivity index (χ1v) is 10.7. The summed E-state index contributed by atoms with van der Waals surface area (Å²) in [6.45, 7) is 5.17. The molecule has 1 atom stereocenters. The van der Waals surface area contributed by atoms with Crippen LogP contribution in [0.4, 0.5) is 5.13 Å². The number of aromatic nitrogens is 2. The predicted molar refractivity (Wildman–Crippen MR) is 116 cm³/mol. The molecule has 1 aliphatic rings. The summed E-state index contributed by atoms with van der Waals surface area (Å²) in [4.78, 5) is 9.10. The fourth-order valence-electron chi connectivity index (χ4n) is 4.26. The summed E-state index contributed by atoms with van der Waals surface area (Å²) in [6, 6.07) is 16.9. The highest BCUT2D eigenvalue weighted by Gasteiger charge is 2.21. The van der Waals surface area contributed by atoms with Gasteiger partial charge in [0.05, 0.1) is 12.6 Å². The zero-order chi connectivity index (χ0) is 18.9. The summed E-state index contributed by atoms with van der Waals surface area (Å²) < 4.78 is 2.27. The van der Waals surface area contributed by atoms with Crippen molar-refractivity contribution >= 4 is 38.3 Å². The van der Waals surface area contributed by atoms with Crippen LogP contribution in [0.3, 0.4) is 0 Å². The number of rotatable bonds is 5. The number of hydrogen-bond donors (Lipinski definition) is 1. The number of piperazine rings is 1. The molecule has 144 valence electrons. The van der Waals surface area contributed by atoms with Crippen molar-refractivity contribution in [3.05, 3.63) is 60.1 Å². The Morgan fingerprint density at radius 3 is 2.14 bits per heavy atom. The van der Waals surface area contributed by atoms with Gasteiger partial charge < -0.3 is 14.6 Å². The molecule has 28 heavy (non-hydrogen) atoms. The Hall–Kier alpha value is -2.41. The first-order chi connectivity index (χ1) is 13.8. The molecule has 0 bridgehead atoms. The smallest absolute Gasteiger partial charge is 0.185 e. The first kappa shape index (κ1) is 17.7. The van der Waals surface area contributed by atoms with Crippen LogP contribution in [0.25, 0.3) is 21.8 Å². The molecule has 2 aromatic heterocycles. The molecule has 1 saturated heterocycles. The molecule has 5 rings (SSSR count). The molecule has 1 aliphatic heterocycles. The Bertz CT molecular complexity index is 1010. The summed E-state index contributed by atoms with van der Waals surface area (Å²) in [5.74, 6) is 0. The van der Waals surface area contributed by atoms with Gasteiger partial charge in [-0.15, -0.1) is 11.3 Å². The molecule has 2 aromatic carbocycles. The summed E-state index contributed by atoms with van der Waals surface area (Å²) in [6.07, 6.45) is 1.47. The third kappa shape index (κ3) is 3.28. The number of para-hydroxylation sites is 2. The van der Waals surface area contributed by atoms with Crippen LogP contribution >= 0.6 is 11.3 Å². The summed E-state index contributed by atoms with van der Waals surface area (Å²) in [5, 5.41) is 16.5. The first-order valence-electron chi connectivity index (χ1n) is 9.80. The van der Waals surface area contributed by atoms with E-state index in [-0.39, 0.29) is 0 Å². The number of nitrogens with zero attached hydrogens (tertiary/aromatic N) is 4. The van der Waals surface area contributed by atoms with Crippen LogP contribution in [0, 0.1) is 0 Å². The van der Waals surface area contributed by atoms with Crippen LogP contribution in [0.15, 0.2) is 60.1 Å². The average molecular weight is 393 g/mol. The molecule has 6 heteroatoms. The molecule has 0 unspecified atom stereocenters. The van der Waals surface area contributed by atoms with E-state index >= 15 is 0 Å². The average Bonchev–Trinajstić information content (AvgIpc) is 3.37. The number of fused-ring (bicyclic) bond motifs is 3. The van der Waals surface area contributed by atoms with Crippen molar-refractivity contribution in [3.63, 3.8) is 0 Å². The van der Waals surface area contributed by atoms with Crippen LogP contribution in [-0.4, -0.2) is 58.4 Å². The molecule has 1 fully saturated rings. The molecule has 4 aromatic rings. The van der Waals surface area contributed by atoms with Gasteiger partial charge in [-0.3, -0.25) is 4.90 Å². The molecule has 0 aliphatic carbocycles. The highest BCUT2D eigenvalue weighted by atomic mass is 32.1. The van der Waals surface area contributed by atoms with E-state index in [9.17, 15) is 5.11 Å². The lowest BCUT2D eigenvalue weighted by Crippen LogP contribution is -2.49. The lowest BCUT2D eigenvalue weighted by atomic mass is 10.2. The number of aliphatic hydroxyl groups excluding tert-OH is 1. The maximum absolute atomic E-state index is 10.9. The molecule has 0 spiro atoms. The van der Waals surface area contributed by atoms with E-state index in [4.69, 9.17) is 0 Å². The highest BCUT2D eigenvalue weighted by molar-refractivity contribution is 7.13. The van der Waals surface area contributed by atoms with Crippen LogP contribution in [0.2, 0.25) is 0 Å². The van der Waals surface area contributed by atoms with Gasteiger partial charge in [0.25, 0.3) is 0 Å². The van der Waals surface area contributed by atoms with Gasteiger partial charge in [-0.25, -0.2) is 4.98 Å². The third-order valence-corrected chi connectivity index (χ3v) is 6.44. The number of anilines is 1. The fraction of sp³-hybridized carbons (Fsp3) is 0.318. The van der Waals surface area contributed by atoms with Gasteiger partial charge >= 0.3 is 0 Å². The molecule has 1 N–H and O–H groups in total. The zero-order valence-corrected chi connectivity index (χ0v) is 16.6. The van der Waals surface area contributed by atoms with Gasteiger partial charge in [0.2, 0.25) is 0 Å². The molecule has 0 saturated carbocycles. The summed E-state index contributed by atoms with van der Waals surface area (Å²) >= 11 is 1.69. The second kappa shape index (κ2) is 7.54. The van der Waals surface area contributed by atoms with Gasteiger partial charge in [-0.2, -0.15) is 0 Å². The van der Waals surface area contributed by atoms with Crippen LogP contribution in [-0.2, 0) is 6.54 Å². The topological polar surface area (TPSA) is 44.5 Å². The number of hydrogen-bond acceptors (Lipinski definition) is 5. The number of thiazole rings is 1. The Balaban J connectivity index is 1.29. The van der Waals surface area contributed by atoms with Crippen LogP contribution < -0.4 is 4.90 Å². The van der Waals surface area contributed by atoms with E-state index < -0.39 is 6.10 Å². The van der Waals surface area contributed by atoms with Gasteiger partial charge in [-0.05, 0) is 12.1 Å². The van der Waals surface area contributed by atoms with E-state index in [1.54, 1.807) is 11.3 Å². The quantitative estimate of drug-likeness (QED) is 0.565. The fourth-order valence-corrected chi connectivity index (χ4v) is 4.96. The van der Waals surface area contributed by atoms with Crippen molar-refractivity contribution < 1.29 is 5.11 Å². The number of benzene rings is 2. The van der Waals surface area contributed by atoms with Crippen molar-refractivity contribution in [2.75, 3.05) is 37.6 Å². The number of aliphatic hydroxyl groups is 1. The third-order valence-electron chi connectivity index (χ3n) is 5.60. The van der Waals surface area contributed by atoms with Crippen LogP contribution in [0.1, 0.15) is 0 Å². The number of β-amino-alcohol motifs (C(OH)–C–C–N with tert-alkyl or cyclic N) is 1. The lowest BCUT2D eigenvalue weighted by Gasteiger charge is -2.35. The Morgan fingerprint density at radius 1 is 0.893 bits per heavy atom. The Morgan fingerprint density at radius 2 is 1.54 bits per heavy atom. The zero-order valence-electron chi connectivity index (χ0n) is 15.7. The summed E-state index contributed by atoms with van der Waals surface area (Å²) in [5.41, 5.74) is 2.38. The summed E-state index contributed by atoms with van der Waals surface area (Å²) in [7, 11) is 0. The van der Waals surface area contributed by atoms with Crippen molar-refractivity contribution in [1.82, 2.24) is 14.5 Å². The maximum Gasteiger partial charge on any atom is 0.185 e. The van der Waals surface area contributed by atoms with E-state index in [2.05, 4.69) is 67.9 Å². The van der Waals surface area contributed by atoms with E-state index in [1.807, 2.05) is 11.6 Å². The molecule has 0 radical (unpaired) electrons. The van der Waals surface area contributed by atoms with Crippen molar-refractivity contribution in [1.29, 1.82) is 0 Å². The van der Waals surface area contributed by atoms with Gasteiger partial charge in [0, 0.05) is 66.1 Å². The Labute approximate surface area is 168 Å². The van der Waals surface area contributed by atoms with E-state index in [0.717, 1.165) is 31.3 Å². The minimum absolute atomic E-state index is 0.398. The standard InChI is InChI=1S/C22H24N4OS/c27-17(15-24-10-12-25(13-11-24)22-23-9-14-28-22)16-26-20-7-3-1-5-18(20)19-6-2-4-8-21(19)26/h1-9,14,17,27H,10-13,15-16H2/t17-/m1/s1. The normalized spacial score (nSPS) is 16.8. The van der Waals surface area contributed by atoms with Crippen molar-refractivity contribution in [3.8, 4) is 0 Å². The van der Waals surface area contributed by atoms with E-state index in [0.29, 0.717) is 13.1 Å². The largest absolute Gasteiger partial charge is 0.390 e. The molecular weight excluding hydrogens is 368 g/mol. The molecular formula is C22H24N4OS. The lowest BCUT2D eigenvalue weighted by molar-refractivity contribution is 0.0969. The van der Waals surface area contributed by atoms with Gasteiger partial charge in [-0.1, -0.05) is 36.4 Å². The SMILES string of the molecule is O[C@H](CN1CCN(c2nccs2)CC1)Cn1c2ccccc2c2ccccc21. The van der Waals surface area contributed by atoms with Crippen molar-refractivity contribution in [2.24, 2.45) is 0 Å². The monoisotopic (exact) mass is 392 g/mol. The van der Waals surface area contributed by atoms with Gasteiger partial charge in [0.1, 0.15) is 0 Å². The molecule has 5 nitrogen and oxygen atoms in total. The maximum atomic E-state index is 10.9. The van der Waals surface area contributed by atoms with Crippen molar-refractivity contribution in [2.45, 2.75) is 12.6 Å². The minimum atomic E-state index is -0.398. The Kier molecular flexibility index (Phi) is 4.76. The van der Waals surface area contributed by atoms with Gasteiger partial charge in [0.15, 0.2) is 5.13 Å².